The maximum absolute atomic E-state index is 10.3. The molecule has 5 N–H and O–H groups in total. The van der Waals surface area contributed by atoms with Crippen LogP contribution >= 0.6 is 0 Å². The van der Waals surface area contributed by atoms with Crippen molar-refractivity contribution < 1.29 is 10.3 Å². The smallest absolute Gasteiger partial charge is 0.141 e. The molecule has 20 heavy (non-hydrogen) atoms. The van der Waals surface area contributed by atoms with Crippen molar-refractivity contribution in [2.24, 2.45) is 10.9 Å². The van der Waals surface area contributed by atoms with Gasteiger partial charge in [-0.2, -0.15) is 0 Å². The molecule has 0 aliphatic heterocycles. The lowest BCUT2D eigenvalue weighted by Gasteiger charge is -2.41. The zero-order valence-electron chi connectivity index (χ0n) is 12.6. The Bertz CT molecular complexity index is 450. The Morgan fingerprint density at radius 2 is 1.80 bits per heavy atom. The minimum Gasteiger partial charge on any atom is -0.409 e. The topological polar surface area (TPSA) is 90.9 Å². The molecule has 0 radical (unpaired) electrons. The zero-order chi connectivity index (χ0) is 15.4. The third-order valence-corrected chi connectivity index (χ3v) is 3.81. The van der Waals surface area contributed by atoms with E-state index >= 15 is 0 Å². The van der Waals surface area contributed by atoms with Gasteiger partial charge in [-0.15, -0.1) is 0 Å². The van der Waals surface area contributed by atoms with Crippen LogP contribution in [-0.2, 0) is 0 Å². The van der Waals surface area contributed by atoms with Crippen LogP contribution in [0.25, 0.3) is 0 Å². The molecule has 1 aromatic rings. The van der Waals surface area contributed by atoms with Crippen molar-refractivity contribution in [3.63, 3.8) is 0 Å². The number of nitrogens with zero attached hydrogens (tertiary/aromatic N) is 1. The first-order valence-corrected chi connectivity index (χ1v) is 6.69. The van der Waals surface area contributed by atoms with Crippen molar-refractivity contribution in [2.45, 2.75) is 51.3 Å². The average molecular weight is 279 g/mol. The van der Waals surface area contributed by atoms with E-state index in [1.165, 1.54) is 0 Å². The third-order valence-electron chi connectivity index (χ3n) is 3.81. The molecule has 1 unspecified atom stereocenters. The number of rotatable bonds is 6. The molecule has 0 saturated heterocycles. The Morgan fingerprint density at radius 1 is 1.25 bits per heavy atom. The average Bonchev–Trinajstić information content (AvgIpc) is 2.37. The number of nitrogens with one attached hydrogen (secondary N) is 1. The lowest BCUT2D eigenvalue weighted by atomic mass is 9.84. The molecule has 112 valence electrons. The predicted molar refractivity (Wildman–Crippen MR) is 80.7 cm³/mol. The van der Waals surface area contributed by atoms with Gasteiger partial charge in [0, 0.05) is 18.0 Å². The van der Waals surface area contributed by atoms with Gasteiger partial charge >= 0.3 is 0 Å². The molecule has 5 heteroatoms. The largest absolute Gasteiger partial charge is 0.409 e. The van der Waals surface area contributed by atoms with Crippen LogP contribution in [0.4, 0.5) is 0 Å². The van der Waals surface area contributed by atoms with Crippen LogP contribution in [0.2, 0.25) is 0 Å². The highest BCUT2D eigenvalue weighted by atomic mass is 16.4. The van der Waals surface area contributed by atoms with Gasteiger partial charge in [-0.25, -0.2) is 0 Å². The fourth-order valence-electron chi connectivity index (χ4n) is 1.80. The standard InChI is InChI=1S/C15H25N3O2/c1-14(2,15(3,4)19)17-12(10-13(16)18-20)11-8-6-5-7-9-11/h5-9,12,17,19-20H,10H2,1-4H3,(H2,16,18). The molecule has 0 spiro atoms. The summed E-state index contributed by atoms with van der Waals surface area (Å²) in [7, 11) is 0. The number of aliphatic hydroxyl groups is 1. The first kappa shape index (κ1) is 16.5. The van der Waals surface area contributed by atoms with E-state index in [0.717, 1.165) is 5.56 Å². The van der Waals surface area contributed by atoms with Crippen LogP contribution in [0.15, 0.2) is 35.5 Å². The van der Waals surface area contributed by atoms with Crippen molar-refractivity contribution in [1.82, 2.24) is 5.32 Å². The lowest BCUT2D eigenvalue weighted by Crippen LogP contribution is -2.57. The van der Waals surface area contributed by atoms with Gasteiger partial charge < -0.3 is 21.4 Å². The molecular formula is C15H25N3O2. The Balaban J connectivity index is 3.01. The van der Waals surface area contributed by atoms with Crippen LogP contribution in [-0.4, -0.2) is 27.3 Å². The second-order valence-corrected chi connectivity index (χ2v) is 6.09. The first-order valence-electron chi connectivity index (χ1n) is 6.69. The van der Waals surface area contributed by atoms with Gasteiger partial charge in [0.1, 0.15) is 5.84 Å². The van der Waals surface area contributed by atoms with Crippen molar-refractivity contribution in [2.75, 3.05) is 0 Å². The van der Waals surface area contributed by atoms with Gasteiger partial charge in [-0.05, 0) is 33.3 Å². The number of hydrogen-bond acceptors (Lipinski definition) is 4. The molecule has 1 atom stereocenters. The van der Waals surface area contributed by atoms with Crippen LogP contribution in [0.3, 0.4) is 0 Å². The summed E-state index contributed by atoms with van der Waals surface area (Å²) in [5.74, 6) is 0.151. The highest BCUT2D eigenvalue weighted by molar-refractivity contribution is 5.80. The summed E-state index contributed by atoms with van der Waals surface area (Å²) >= 11 is 0. The Morgan fingerprint density at radius 3 is 2.25 bits per heavy atom. The second-order valence-electron chi connectivity index (χ2n) is 6.09. The third kappa shape index (κ3) is 4.21. The van der Waals surface area contributed by atoms with E-state index < -0.39 is 11.1 Å². The van der Waals surface area contributed by atoms with E-state index in [1.807, 2.05) is 44.2 Å². The first-order chi connectivity index (χ1) is 9.17. The molecule has 0 aliphatic rings. The number of oxime groups is 1. The Kier molecular flexibility index (Phi) is 5.14. The van der Waals surface area contributed by atoms with Crippen molar-refractivity contribution >= 4 is 5.84 Å². The van der Waals surface area contributed by atoms with E-state index in [9.17, 15) is 5.11 Å². The van der Waals surface area contributed by atoms with Gasteiger partial charge in [-0.3, -0.25) is 0 Å². The molecule has 1 rings (SSSR count). The summed E-state index contributed by atoms with van der Waals surface area (Å²) in [6, 6.07) is 9.62. The molecule has 0 bridgehead atoms. The Labute approximate surface area is 120 Å². The molecule has 0 saturated carbocycles. The summed E-state index contributed by atoms with van der Waals surface area (Å²) in [6.07, 6.45) is 0.361. The van der Waals surface area contributed by atoms with Crippen LogP contribution in [0.5, 0.6) is 0 Å². The fourth-order valence-corrected chi connectivity index (χ4v) is 1.80. The van der Waals surface area contributed by atoms with Gasteiger partial charge in [0.15, 0.2) is 0 Å². The minimum atomic E-state index is -0.912. The Hall–Kier alpha value is -1.59. The molecule has 0 aliphatic carbocycles. The lowest BCUT2D eigenvalue weighted by molar-refractivity contribution is -0.00989. The van der Waals surface area contributed by atoms with Gasteiger partial charge in [0.25, 0.3) is 0 Å². The van der Waals surface area contributed by atoms with Crippen molar-refractivity contribution in [1.29, 1.82) is 0 Å². The van der Waals surface area contributed by atoms with Crippen molar-refractivity contribution in [3.05, 3.63) is 35.9 Å². The number of amidine groups is 1. The molecule has 0 fully saturated rings. The van der Waals surface area contributed by atoms with Crippen LogP contribution < -0.4 is 11.1 Å². The van der Waals surface area contributed by atoms with E-state index in [1.54, 1.807) is 13.8 Å². The van der Waals surface area contributed by atoms with E-state index in [4.69, 9.17) is 10.9 Å². The summed E-state index contributed by atoms with van der Waals surface area (Å²) < 4.78 is 0. The number of hydrogen-bond donors (Lipinski definition) is 4. The SMILES string of the molecule is CC(C)(O)C(C)(C)NC(C/C(N)=N/O)c1ccccc1. The zero-order valence-corrected chi connectivity index (χ0v) is 12.6. The number of nitrogens with two attached hydrogens (primary N) is 1. The summed E-state index contributed by atoms with van der Waals surface area (Å²) in [5.41, 5.74) is 5.21. The molecule has 0 heterocycles. The normalized spacial score (nSPS) is 15.2. The summed E-state index contributed by atoms with van der Waals surface area (Å²) in [4.78, 5) is 0. The molecule has 5 nitrogen and oxygen atoms in total. The van der Waals surface area contributed by atoms with Crippen LogP contribution in [0, 0.1) is 0 Å². The molecule has 1 aromatic carbocycles. The van der Waals surface area contributed by atoms with E-state index in [0.29, 0.717) is 6.42 Å². The highest BCUT2D eigenvalue weighted by Crippen LogP contribution is 2.27. The van der Waals surface area contributed by atoms with Gasteiger partial charge in [0.2, 0.25) is 0 Å². The van der Waals surface area contributed by atoms with Gasteiger partial charge in [-0.1, -0.05) is 35.5 Å². The van der Waals surface area contributed by atoms with Crippen LogP contribution in [0.1, 0.15) is 45.7 Å². The highest BCUT2D eigenvalue weighted by Gasteiger charge is 2.37. The monoisotopic (exact) mass is 279 g/mol. The van der Waals surface area contributed by atoms with E-state index in [-0.39, 0.29) is 11.9 Å². The predicted octanol–water partition coefficient (Wildman–Crippen LogP) is 2.00. The number of benzene rings is 1. The maximum Gasteiger partial charge on any atom is 0.141 e. The van der Waals surface area contributed by atoms with Gasteiger partial charge in [0.05, 0.1) is 5.60 Å². The molecule has 0 amide bonds. The quantitative estimate of drug-likeness (QED) is 0.277. The minimum absolute atomic E-state index is 0.145. The summed E-state index contributed by atoms with van der Waals surface area (Å²) in [6.45, 7) is 7.36. The molecule has 0 aromatic heterocycles. The maximum atomic E-state index is 10.3. The molecular weight excluding hydrogens is 254 g/mol. The second kappa shape index (κ2) is 6.24. The van der Waals surface area contributed by atoms with E-state index in [2.05, 4.69) is 10.5 Å². The summed E-state index contributed by atoms with van der Waals surface area (Å²) in [5, 5.41) is 25.5. The fraction of sp³-hybridized carbons (Fsp3) is 0.533. The van der Waals surface area contributed by atoms with Crippen molar-refractivity contribution in [3.8, 4) is 0 Å².